The molecule has 0 bridgehead atoms. The van der Waals surface area contributed by atoms with E-state index < -0.39 is 48.6 Å². The quantitative estimate of drug-likeness (QED) is 0.525. The van der Waals surface area contributed by atoms with Gasteiger partial charge in [0, 0.05) is 20.8 Å². The molecular formula is C19H24O9. The Kier molecular flexibility index (Phi) is 7.91. The molecule has 0 amide bonds. The SMILES string of the molecule is CC(=O)OC[C@H]1O[C@H](O)[C@H](OC(C)=O)[C@@H](OCc2ccccc2)[C@@H]1OC(C)=O. The van der Waals surface area contributed by atoms with Crippen molar-refractivity contribution in [1.82, 2.24) is 0 Å². The summed E-state index contributed by atoms with van der Waals surface area (Å²) >= 11 is 0. The van der Waals surface area contributed by atoms with Crippen molar-refractivity contribution < 1.29 is 43.2 Å². The first-order valence-corrected chi connectivity index (χ1v) is 8.74. The number of carbonyl (C=O) groups is 3. The van der Waals surface area contributed by atoms with Crippen LogP contribution in [0.5, 0.6) is 0 Å². The Balaban J connectivity index is 2.26. The molecule has 1 aromatic rings. The van der Waals surface area contributed by atoms with Crippen molar-refractivity contribution in [2.75, 3.05) is 6.61 Å². The molecular weight excluding hydrogens is 372 g/mol. The van der Waals surface area contributed by atoms with Crippen molar-refractivity contribution in [1.29, 1.82) is 0 Å². The summed E-state index contributed by atoms with van der Waals surface area (Å²) in [6.07, 6.45) is -5.92. The molecule has 1 aromatic carbocycles. The van der Waals surface area contributed by atoms with Crippen LogP contribution in [0.3, 0.4) is 0 Å². The van der Waals surface area contributed by atoms with Gasteiger partial charge in [-0.3, -0.25) is 14.4 Å². The average Bonchev–Trinajstić information content (AvgIpc) is 2.62. The highest BCUT2D eigenvalue weighted by atomic mass is 16.7. The van der Waals surface area contributed by atoms with Gasteiger partial charge in [-0.05, 0) is 5.56 Å². The van der Waals surface area contributed by atoms with Gasteiger partial charge in [-0.15, -0.1) is 0 Å². The first-order chi connectivity index (χ1) is 13.3. The Morgan fingerprint density at radius 3 is 2.11 bits per heavy atom. The van der Waals surface area contributed by atoms with Gasteiger partial charge < -0.3 is 28.8 Å². The summed E-state index contributed by atoms with van der Waals surface area (Å²) < 4.78 is 26.7. The lowest BCUT2D eigenvalue weighted by Crippen LogP contribution is -2.62. The van der Waals surface area contributed by atoms with Gasteiger partial charge in [-0.1, -0.05) is 30.3 Å². The van der Waals surface area contributed by atoms with Gasteiger partial charge in [0.2, 0.25) is 0 Å². The van der Waals surface area contributed by atoms with E-state index in [2.05, 4.69) is 0 Å². The lowest BCUT2D eigenvalue weighted by atomic mass is 9.98. The van der Waals surface area contributed by atoms with Crippen LogP contribution in [0.4, 0.5) is 0 Å². The second-order valence-electron chi connectivity index (χ2n) is 6.28. The van der Waals surface area contributed by atoms with E-state index in [-0.39, 0.29) is 13.2 Å². The predicted molar refractivity (Wildman–Crippen MR) is 93.6 cm³/mol. The lowest BCUT2D eigenvalue weighted by molar-refractivity contribution is -0.302. The maximum absolute atomic E-state index is 11.6. The molecule has 1 aliphatic heterocycles. The molecule has 0 aromatic heterocycles. The maximum atomic E-state index is 11.6. The highest BCUT2D eigenvalue weighted by molar-refractivity contribution is 5.67. The molecule has 9 heteroatoms. The molecule has 154 valence electrons. The van der Waals surface area contributed by atoms with Gasteiger partial charge >= 0.3 is 17.9 Å². The van der Waals surface area contributed by atoms with Crippen LogP contribution in [-0.2, 0) is 44.7 Å². The third kappa shape index (κ3) is 6.29. The Bertz CT molecular complexity index is 675. The molecule has 28 heavy (non-hydrogen) atoms. The van der Waals surface area contributed by atoms with E-state index >= 15 is 0 Å². The molecule has 5 atom stereocenters. The summed E-state index contributed by atoms with van der Waals surface area (Å²) in [5.74, 6) is -1.86. The zero-order valence-electron chi connectivity index (χ0n) is 15.9. The standard InChI is InChI=1S/C19H24O9/c1-11(20)24-10-15-16(26-12(2)21)17(18(19(23)28-15)27-13(3)22)25-9-14-7-5-4-6-8-14/h4-8,15-19,23H,9-10H2,1-3H3/t15-,16-,17+,18-,19+/m1/s1. The molecule has 1 N–H and O–H groups in total. The summed E-state index contributed by atoms with van der Waals surface area (Å²) in [5.41, 5.74) is 0.822. The van der Waals surface area contributed by atoms with Crippen LogP contribution in [0.25, 0.3) is 0 Å². The van der Waals surface area contributed by atoms with E-state index in [1.807, 2.05) is 30.3 Å². The second-order valence-corrected chi connectivity index (χ2v) is 6.28. The van der Waals surface area contributed by atoms with Crippen LogP contribution < -0.4 is 0 Å². The van der Waals surface area contributed by atoms with E-state index in [0.717, 1.165) is 5.56 Å². The van der Waals surface area contributed by atoms with Gasteiger partial charge in [0.25, 0.3) is 0 Å². The largest absolute Gasteiger partial charge is 0.463 e. The minimum Gasteiger partial charge on any atom is -0.463 e. The molecule has 1 aliphatic rings. The Morgan fingerprint density at radius 2 is 1.54 bits per heavy atom. The van der Waals surface area contributed by atoms with Crippen molar-refractivity contribution >= 4 is 17.9 Å². The van der Waals surface area contributed by atoms with E-state index in [1.54, 1.807) is 0 Å². The molecule has 9 nitrogen and oxygen atoms in total. The number of aliphatic hydroxyl groups is 1. The number of hydrogen-bond donors (Lipinski definition) is 1. The highest BCUT2D eigenvalue weighted by Crippen LogP contribution is 2.28. The number of esters is 3. The molecule has 0 radical (unpaired) electrons. The Hall–Kier alpha value is -2.49. The van der Waals surface area contributed by atoms with Crippen LogP contribution in [0.15, 0.2) is 30.3 Å². The van der Waals surface area contributed by atoms with Crippen molar-refractivity contribution in [3.8, 4) is 0 Å². The fraction of sp³-hybridized carbons (Fsp3) is 0.526. The summed E-state index contributed by atoms with van der Waals surface area (Å²) in [6.45, 7) is 3.41. The molecule has 0 aliphatic carbocycles. The van der Waals surface area contributed by atoms with Gasteiger partial charge in [-0.25, -0.2) is 0 Å². The maximum Gasteiger partial charge on any atom is 0.303 e. The van der Waals surface area contributed by atoms with Crippen LogP contribution in [0.1, 0.15) is 26.3 Å². The van der Waals surface area contributed by atoms with E-state index in [0.29, 0.717) is 0 Å². The van der Waals surface area contributed by atoms with Gasteiger partial charge in [0.1, 0.15) is 18.8 Å². The number of rotatable bonds is 7. The molecule has 1 fully saturated rings. The minimum absolute atomic E-state index is 0.105. The van der Waals surface area contributed by atoms with E-state index in [1.165, 1.54) is 20.8 Å². The van der Waals surface area contributed by atoms with Crippen molar-refractivity contribution in [2.24, 2.45) is 0 Å². The fourth-order valence-electron chi connectivity index (χ4n) is 2.84. The average molecular weight is 396 g/mol. The van der Waals surface area contributed by atoms with Crippen LogP contribution in [-0.4, -0.2) is 60.3 Å². The highest BCUT2D eigenvalue weighted by Gasteiger charge is 2.50. The van der Waals surface area contributed by atoms with Gasteiger partial charge in [-0.2, -0.15) is 0 Å². The predicted octanol–water partition coefficient (Wildman–Crippen LogP) is 0.715. The lowest BCUT2D eigenvalue weighted by Gasteiger charge is -2.43. The van der Waals surface area contributed by atoms with Crippen LogP contribution >= 0.6 is 0 Å². The Labute approximate surface area is 162 Å². The van der Waals surface area contributed by atoms with Crippen molar-refractivity contribution in [2.45, 2.75) is 58.1 Å². The number of aliphatic hydroxyl groups excluding tert-OH is 1. The summed E-state index contributed by atoms with van der Waals surface area (Å²) in [7, 11) is 0. The molecule has 2 rings (SSSR count). The van der Waals surface area contributed by atoms with Gasteiger partial charge in [0.05, 0.1) is 6.61 Å². The number of benzene rings is 1. The van der Waals surface area contributed by atoms with E-state index in [4.69, 9.17) is 23.7 Å². The summed E-state index contributed by atoms with van der Waals surface area (Å²) in [6, 6.07) is 9.16. The Morgan fingerprint density at radius 1 is 0.929 bits per heavy atom. The van der Waals surface area contributed by atoms with Crippen molar-refractivity contribution in [3.05, 3.63) is 35.9 Å². The number of hydrogen-bond acceptors (Lipinski definition) is 9. The molecule has 0 saturated carbocycles. The molecule has 1 heterocycles. The monoisotopic (exact) mass is 396 g/mol. The van der Waals surface area contributed by atoms with Crippen LogP contribution in [0, 0.1) is 0 Å². The zero-order chi connectivity index (χ0) is 20.7. The van der Waals surface area contributed by atoms with E-state index in [9.17, 15) is 19.5 Å². The topological polar surface area (TPSA) is 118 Å². The zero-order valence-corrected chi connectivity index (χ0v) is 15.9. The third-order valence-corrected chi connectivity index (χ3v) is 3.95. The molecule has 0 unspecified atom stereocenters. The fourth-order valence-corrected chi connectivity index (χ4v) is 2.84. The molecule has 0 spiro atoms. The second kappa shape index (κ2) is 10.2. The first-order valence-electron chi connectivity index (χ1n) is 8.74. The van der Waals surface area contributed by atoms with Crippen LogP contribution in [0.2, 0.25) is 0 Å². The van der Waals surface area contributed by atoms with Gasteiger partial charge in [0.15, 0.2) is 18.5 Å². The minimum atomic E-state index is -1.56. The third-order valence-electron chi connectivity index (χ3n) is 3.95. The summed E-state index contributed by atoms with van der Waals surface area (Å²) in [5, 5.41) is 10.3. The smallest absolute Gasteiger partial charge is 0.303 e. The molecule has 1 saturated heterocycles. The normalized spacial score (nSPS) is 26.9. The first kappa shape index (κ1) is 21.8. The summed E-state index contributed by atoms with van der Waals surface area (Å²) in [4.78, 5) is 34.2. The van der Waals surface area contributed by atoms with Crippen molar-refractivity contribution in [3.63, 3.8) is 0 Å². The number of carbonyl (C=O) groups excluding carboxylic acids is 3. The number of ether oxygens (including phenoxy) is 5.